The predicted molar refractivity (Wildman–Crippen MR) is 84.5 cm³/mol. The Morgan fingerprint density at radius 1 is 1.29 bits per heavy atom. The summed E-state index contributed by atoms with van der Waals surface area (Å²) in [6, 6.07) is 5.72. The first-order valence-corrected chi connectivity index (χ1v) is 9.09. The van der Waals surface area contributed by atoms with Gasteiger partial charge in [-0.2, -0.15) is 0 Å². The van der Waals surface area contributed by atoms with Gasteiger partial charge in [0.1, 0.15) is 9.84 Å². The maximum atomic E-state index is 11.8. The van der Waals surface area contributed by atoms with Crippen molar-refractivity contribution in [1.29, 1.82) is 0 Å². The smallest absolute Gasteiger partial charge is 0.251 e. The normalized spacial score (nSPS) is 18.2. The molecule has 2 N–H and O–H groups in total. The molecule has 1 fully saturated rings. The van der Waals surface area contributed by atoms with E-state index < -0.39 is 9.84 Å². The summed E-state index contributed by atoms with van der Waals surface area (Å²) >= 11 is 0. The Hall–Kier alpha value is -1.56. The SMILES string of the molecule is CCNC(=O)c1ccc(NC2CCS(=O)(=O)CC2)c(C)c1. The highest BCUT2D eigenvalue weighted by Gasteiger charge is 2.23. The maximum absolute atomic E-state index is 11.8. The van der Waals surface area contributed by atoms with E-state index in [1.165, 1.54) is 0 Å². The fourth-order valence-corrected chi connectivity index (χ4v) is 3.98. The molecule has 0 unspecified atom stereocenters. The molecular formula is C15H22N2O3S. The van der Waals surface area contributed by atoms with Gasteiger partial charge in [-0.15, -0.1) is 0 Å². The fourth-order valence-electron chi connectivity index (χ4n) is 2.48. The molecule has 0 radical (unpaired) electrons. The van der Waals surface area contributed by atoms with E-state index in [0.717, 1.165) is 11.3 Å². The molecule has 6 heteroatoms. The second kappa shape index (κ2) is 6.47. The molecule has 1 aliphatic rings. The number of benzene rings is 1. The number of carbonyl (C=O) groups is 1. The van der Waals surface area contributed by atoms with Gasteiger partial charge in [-0.1, -0.05) is 0 Å². The molecule has 1 aromatic rings. The maximum Gasteiger partial charge on any atom is 0.251 e. The lowest BCUT2D eigenvalue weighted by molar-refractivity contribution is 0.0955. The molecule has 1 aliphatic heterocycles. The van der Waals surface area contributed by atoms with Gasteiger partial charge in [0.25, 0.3) is 5.91 Å². The Bertz CT molecular complexity index is 612. The van der Waals surface area contributed by atoms with E-state index in [0.29, 0.717) is 24.9 Å². The summed E-state index contributed by atoms with van der Waals surface area (Å²) in [5.41, 5.74) is 2.60. The van der Waals surface area contributed by atoms with Crippen molar-refractivity contribution in [2.24, 2.45) is 0 Å². The summed E-state index contributed by atoms with van der Waals surface area (Å²) in [6.45, 7) is 4.44. The molecule has 21 heavy (non-hydrogen) atoms. The Balaban J connectivity index is 2.03. The topological polar surface area (TPSA) is 75.3 Å². The van der Waals surface area contributed by atoms with E-state index in [2.05, 4.69) is 10.6 Å². The summed E-state index contributed by atoms with van der Waals surface area (Å²) < 4.78 is 22.8. The van der Waals surface area contributed by atoms with E-state index in [9.17, 15) is 13.2 Å². The summed E-state index contributed by atoms with van der Waals surface area (Å²) in [5, 5.41) is 6.16. The van der Waals surface area contributed by atoms with E-state index >= 15 is 0 Å². The minimum Gasteiger partial charge on any atom is -0.382 e. The molecule has 5 nitrogen and oxygen atoms in total. The second-order valence-electron chi connectivity index (χ2n) is 5.46. The molecular weight excluding hydrogens is 288 g/mol. The van der Waals surface area contributed by atoms with Crippen molar-refractivity contribution in [3.8, 4) is 0 Å². The standard InChI is InChI=1S/C15H22N2O3S/c1-3-16-15(18)12-4-5-14(11(2)10-12)17-13-6-8-21(19,20)9-7-13/h4-5,10,13,17H,3,6-9H2,1-2H3,(H,16,18). The van der Waals surface area contributed by atoms with Crippen LogP contribution >= 0.6 is 0 Å². The molecule has 1 saturated heterocycles. The minimum atomic E-state index is -2.84. The van der Waals surface area contributed by atoms with Crippen LogP contribution in [0.25, 0.3) is 0 Å². The molecule has 116 valence electrons. The highest BCUT2D eigenvalue weighted by atomic mass is 32.2. The fraction of sp³-hybridized carbons (Fsp3) is 0.533. The second-order valence-corrected chi connectivity index (χ2v) is 7.76. The first-order chi connectivity index (χ1) is 9.91. The van der Waals surface area contributed by atoms with Crippen molar-refractivity contribution in [1.82, 2.24) is 5.32 Å². The van der Waals surface area contributed by atoms with Crippen molar-refractivity contribution in [2.45, 2.75) is 32.7 Å². The molecule has 1 heterocycles. The number of anilines is 1. The number of sulfone groups is 1. The van der Waals surface area contributed by atoms with Crippen LogP contribution in [0.1, 0.15) is 35.7 Å². The highest BCUT2D eigenvalue weighted by molar-refractivity contribution is 7.91. The minimum absolute atomic E-state index is 0.0732. The zero-order chi connectivity index (χ0) is 15.5. The van der Waals surface area contributed by atoms with E-state index in [1.54, 1.807) is 6.07 Å². The van der Waals surface area contributed by atoms with Crippen LogP contribution < -0.4 is 10.6 Å². The average molecular weight is 310 g/mol. The van der Waals surface area contributed by atoms with Crippen LogP contribution in [0, 0.1) is 6.92 Å². The van der Waals surface area contributed by atoms with Gasteiger partial charge in [0, 0.05) is 23.8 Å². The molecule has 0 spiro atoms. The molecule has 0 aliphatic carbocycles. The Kier molecular flexibility index (Phi) is 4.88. The molecule has 0 aromatic heterocycles. The Morgan fingerprint density at radius 3 is 2.52 bits per heavy atom. The van der Waals surface area contributed by atoms with Gasteiger partial charge in [-0.3, -0.25) is 4.79 Å². The lowest BCUT2D eigenvalue weighted by Gasteiger charge is -2.25. The summed E-state index contributed by atoms with van der Waals surface area (Å²) in [7, 11) is -2.84. The Morgan fingerprint density at radius 2 is 1.95 bits per heavy atom. The van der Waals surface area contributed by atoms with Gasteiger partial charge >= 0.3 is 0 Å². The van der Waals surface area contributed by atoms with Crippen LogP contribution in [0.5, 0.6) is 0 Å². The third kappa shape index (κ3) is 4.20. The summed E-state index contributed by atoms with van der Waals surface area (Å²) in [4.78, 5) is 11.8. The lowest BCUT2D eigenvalue weighted by Crippen LogP contribution is -2.32. The van der Waals surface area contributed by atoms with E-state index in [4.69, 9.17) is 0 Å². The summed E-state index contributed by atoms with van der Waals surface area (Å²) in [6.07, 6.45) is 1.28. The van der Waals surface area contributed by atoms with Gasteiger partial charge in [-0.25, -0.2) is 8.42 Å². The van der Waals surface area contributed by atoms with Gasteiger partial charge in [0.2, 0.25) is 0 Å². The molecule has 1 aromatic carbocycles. The van der Waals surface area contributed by atoms with Crippen molar-refractivity contribution in [3.63, 3.8) is 0 Å². The van der Waals surface area contributed by atoms with Crippen LogP contribution in [-0.4, -0.2) is 38.4 Å². The molecule has 0 atom stereocenters. The highest BCUT2D eigenvalue weighted by Crippen LogP contribution is 2.21. The Labute approximate surface area is 126 Å². The molecule has 0 bridgehead atoms. The lowest BCUT2D eigenvalue weighted by atomic mass is 10.1. The number of rotatable bonds is 4. The quantitative estimate of drug-likeness (QED) is 0.888. The van der Waals surface area contributed by atoms with Gasteiger partial charge in [0.15, 0.2) is 0 Å². The third-order valence-electron chi connectivity index (χ3n) is 3.74. The summed E-state index contributed by atoms with van der Waals surface area (Å²) in [5.74, 6) is 0.428. The van der Waals surface area contributed by atoms with Crippen molar-refractivity contribution in [3.05, 3.63) is 29.3 Å². The average Bonchev–Trinajstić information content (AvgIpc) is 2.43. The van der Waals surface area contributed by atoms with Crippen LogP contribution in [0.4, 0.5) is 5.69 Å². The number of aryl methyl sites for hydroxylation is 1. The van der Waals surface area contributed by atoms with Crippen LogP contribution in [0.15, 0.2) is 18.2 Å². The predicted octanol–water partition coefficient (Wildman–Crippen LogP) is 1.73. The van der Waals surface area contributed by atoms with Crippen molar-refractivity contribution >= 4 is 21.4 Å². The largest absolute Gasteiger partial charge is 0.382 e. The molecule has 1 amide bonds. The monoisotopic (exact) mass is 310 g/mol. The van der Waals surface area contributed by atoms with E-state index in [-0.39, 0.29) is 23.5 Å². The number of nitrogens with one attached hydrogen (secondary N) is 2. The molecule has 0 saturated carbocycles. The molecule has 2 rings (SSSR count). The zero-order valence-electron chi connectivity index (χ0n) is 12.5. The van der Waals surface area contributed by atoms with Crippen LogP contribution in [0.2, 0.25) is 0 Å². The van der Waals surface area contributed by atoms with Crippen molar-refractivity contribution < 1.29 is 13.2 Å². The van der Waals surface area contributed by atoms with E-state index in [1.807, 2.05) is 26.0 Å². The van der Waals surface area contributed by atoms with Gasteiger partial charge < -0.3 is 10.6 Å². The first-order valence-electron chi connectivity index (χ1n) is 7.27. The number of carbonyl (C=O) groups excluding carboxylic acids is 1. The zero-order valence-corrected chi connectivity index (χ0v) is 13.3. The number of hydrogen-bond donors (Lipinski definition) is 2. The third-order valence-corrected chi connectivity index (χ3v) is 5.46. The number of amides is 1. The number of hydrogen-bond acceptors (Lipinski definition) is 4. The van der Waals surface area contributed by atoms with Crippen LogP contribution in [-0.2, 0) is 9.84 Å². The van der Waals surface area contributed by atoms with Crippen molar-refractivity contribution in [2.75, 3.05) is 23.4 Å². The van der Waals surface area contributed by atoms with Gasteiger partial charge in [-0.05, 0) is 50.5 Å². The first kappa shape index (κ1) is 15.8. The van der Waals surface area contributed by atoms with Crippen LogP contribution in [0.3, 0.4) is 0 Å². The van der Waals surface area contributed by atoms with Gasteiger partial charge in [0.05, 0.1) is 11.5 Å².